The van der Waals surface area contributed by atoms with Gasteiger partial charge < -0.3 is 10.6 Å². The normalized spacial score (nSPS) is 14.2. The van der Waals surface area contributed by atoms with Crippen molar-refractivity contribution in [2.75, 3.05) is 12.3 Å². The van der Waals surface area contributed by atoms with Crippen molar-refractivity contribution in [1.82, 2.24) is 4.90 Å². The van der Waals surface area contributed by atoms with Gasteiger partial charge in [-0.3, -0.25) is 4.79 Å². The van der Waals surface area contributed by atoms with Crippen molar-refractivity contribution in [2.24, 2.45) is 0 Å². The van der Waals surface area contributed by atoms with E-state index in [4.69, 9.17) is 5.73 Å². The van der Waals surface area contributed by atoms with E-state index in [2.05, 4.69) is 0 Å². The number of rotatable bonds is 1. The highest BCUT2D eigenvalue weighted by Gasteiger charge is 2.23. The van der Waals surface area contributed by atoms with Gasteiger partial charge in [0.05, 0.1) is 0 Å². The number of benzene rings is 1. The van der Waals surface area contributed by atoms with Gasteiger partial charge in [0.15, 0.2) is 0 Å². The maximum atomic E-state index is 13.7. The van der Waals surface area contributed by atoms with E-state index in [1.165, 1.54) is 16.5 Å². The van der Waals surface area contributed by atoms with E-state index >= 15 is 0 Å². The van der Waals surface area contributed by atoms with Crippen molar-refractivity contribution >= 4 is 22.9 Å². The third-order valence-electron chi connectivity index (χ3n) is 3.73. The molecule has 1 aliphatic rings. The average molecular weight is 290 g/mol. The summed E-state index contributed by atoms with van der Waals surface area (Å²) in [6, 6.07) is 4.88. The largest absolute Gasteiger partial charge is 0.398 e. The molecule has 2 N–H and O–H groups in total. The van der Waals surface area contributed by atoms with Crippen LogP contribution < -0.4 is 5.73 Å². The van der Waals surface area contributed by atoms with E-state index in [-0.39, 0.29) is 5.91 Å². The Morgan fingerprint density at radius 2 is 2.25 bits per heavy atom. The smallest absolute Gasteiger partial charge is 0.254 e. The van der Waals surface area contributed by atoms with Crippen LogP contribution in [0.4, 0.5) is 10.1 Å². The number of thiophene rings is 1. The molecule has 3 rings (SSSR count). The van der Waals surface area contributed by atoms with Gasteiger partial charge in [-0.15, -0.1) is 11.3 Å². The van der Waals surface area contributed by atoms with Gasteiger partial charge in [0, 0.05) is 34.8 Å². The molecule has 0 atom stereocenters. The third-order valence-corrected chi connectivity index (χ3v) is 4.75. The summed E-state index contributed by atoms with van der Waals surface area (Å²) in [5.41, 5.74) is 7.96. The number of carbonyl (C=O) groups is 1. The number of halogens is 1. The zero-order chi connectivity index (χ0) is 14.3. The summed E-state index contributed by atoms with van der Waals surface area (Å²) in [7, 11) is 0. The molecule has 5 heteroatoms. The molecule has 2 heterocycles. The Morgan fingerprint density at radius 3 is 3.00 bits per heavy atom. The Labute approximate surface area is 120 Å². The van der Waals surface area contributed by atoms with Crippen LogP contribution in [0.15, 0.2) is 23.6 Å². The second-order valence-corrected chi connectivity index (χ2v) is 6.02. The third kappa shape index (κ3) is 2.18. The molecule has 1 amide bonds. The van der Waals surface area contributed by atoms with Crippen LogP contribution in [0, 0.1) is 12.7 Å². The molecule has 1 aromatic heterocycles. The summed E-state index contributed by atoms with van der Waals surface area (Å²) in [5.74, 6) is -0.589. The second kappa shape index (κ2) is 4.90. The molecule has 0 saturated heterocycles. The van der Waals surface area contributed by atoms with Crippen LogP contribution >= 0.6 is 11.3 Å². The van der Waals surface area contributed by atoms with Gasteiger partial charge in [-0.05, 0) is 42.5 Å². The molecule has 0 aliphatic carbocycles. The minimum atomic E-state index is -0.429. The number of nitrogens with zero attached hydrogens (tertiary/aromatic N) is 1. The van der Waals surface area contributed by atoms with Crippen molar-refractivity contribution in [3.63, 3.8) is 0 Å². The highest BCUT2D eigenvalue weighted by atomic mass is 32.1. The highest BCUT2D eigenvalue weighted by molar-refractivity contribution is 7.10. The van der Waals surface area contributed by atoms with Gasteiger partial charge in [-0.25, -0.2) is 4.39 Å². The fourth-order valence-electron chi connectivity index (χ4n) is 2.43. The van der Waals surface area contributed by atoms with E-state index in [0.717, 1.165) is 6.42 Å². The highest BCUT2D eigenvalue weighted by Crippen LogP contribution is 2.26. The summed E-state index contributed by atoms with van der Waals surface area (Å²) in [5, 5.41) is 2.04. The first-order chi connectivity index (χ1) is 9.56. The van der Waals surface area contributed by atoms with Crippen molar-refractivity contribution < 1.29 is 9.18 Å². The van der Waals surface area contributed by atoms with E-state index < -0.39 is 5.82 Å². The summed E-state index contributed by atoms with van der Waals surface area (Å²) in [6.07, 6.45) is 0.864. The van der Waals surface area contributed by atoms with Gasteiger partial charge in [0.1, 0.15) is 5.82 Å². The molecule has 0 fully saturated rings. The molecule has 0 saturated carbocycles. The summed E-state index contributed by atoms with van der Waals surface area (Å²) >= 11 is 1.72. The van der Waals surface area contributed by atoms with Crippen LogP contribution in [0.1, 0.15) is 26.4 Å². The van der Waals surface area contributed by atoms with Gasteiger partial charge in [-0.2, -0.15) is 0 Å². The number of carbonyl (C=O) groups excluding carboxylic acids is 1. The Hall–Kier alpha value is -1.88. The van der Waals surface area contributed by atoms with E-state index in [1.807, 2.05) is 11.4 Å². The van der Waals surface area contributed by atoms with Crippen molar-refractivity contribution in [3.05, 3.63) is 51.0 Å². The van der Waals surface area contributed by atoms with Gasteiger partial charge >= 0.3 is 0 Å². The standard InChI is InChI=1S/C15H15FN2OS/c1-9-12(16)6-11(7-13(9)17)15(19)18-4-2-14-10(8-18)3-5-20-14/h3,5-7H,2,4,8,17H2,1H3. The average Bonchev–Trinajstić information content (AvgIpc) is 2.90. The molecule has 104 valence electrons. The van der Waals surface area contributed by atoms with E-state index in [0.29, 0.717) is 29.9 Å². The monoisotopic (exact) mass is 290 g/mol. The number of hydrogen-bond acceptors (Lipinski definition) is 3. The number of nitrogens with two attached hydrogens (primary N) is 1. The van der Waals surface area contributed by atoms with Crippen molar-refractivity contribution in [3.8, 4) is 0 Å². The number of nitrogen functional groups attached to an aromatic ring is 1. The first-order valence-corrected chi connectivity index (χ1v) is 7.34. The maximum absolute atomic E-state index is 13.7. The summed E-state index contributed by atoms with van der Waals surface area (Å²) in [6.45, 7) is 2.87. The number of hydrogen-bond donors (Lipinski definition) is 1. The Bertz CT molecular complexity index is 657. The Kier molecular flexibility index (Phi) is 3.22. The van der Waals surface area contributed by atoms with Crippen LogP contribution in [0.3, 0.4) is 0 Å². The molecule has 2 aromatic rings. The predicted octanol–water partition coefficient (Wildman–Crippen LogP) is 2.98. The van der Waals surface area contributed by atoms with Crippen LogP contribution in [-0.4, -0.2) is 17.4 Å². The predicted molar refractivity (Wildman–Crippen MR) is 78.3 cm³/mol. The second-order valence-electron chi connectivity index (χ2n) is 5.02. The molecular weight excluding hydrogens is 275 g/mol. The molecule has 0 unspecified atom stereocenters. The first-order valence-electron chi connectivity index (χ1n) is 6.46. The van der Waals surface area contributed by atoms with Crippen LogP contribution in [0.2, 0.25) is 0 Å². The maximum Gasteiger partial charge on any atom is 0.254 e. The van der Waals surface area contributed by atoms with Gasteiger partial charge in [-0.1, -0.05) is 0 Å². The first kappa shape index (κ1) is 13.1. The molecule has 0 spiro atoms. The Balaban J connectivity index is 1.87. The zero-order valence-corrected chi connectivity index (χ0v) is 12.0. The lowest BCUT2D eigenvalue weighted by molar-refractivity contribution is 0.0735. The lowest BCUT2D eigenvalue weighted by atomic mass is 10.1. The molecule has 0 bridgehead atoms. The summed E-state index contributed by atoms with van der Waals surface area (Å²) < 4.78 is 13.7. The quantitative estimate of drug-likeness (QED) is 0.821. The van der Waals surface area contributed by atoms with Crippen LogP contribution in [-0.2, 0) is 13.0 Å². The number of anilines is 1. The summed E-state index contributed by atoms with van der Waals surface area (Å²) in [4.78, 5) is 15.5. The molecule has 1 aliphatic heterocycles. The molecule has 0 radical (unpaired) electrons. The number of fused-ring (bicyclic) bond motifs is 1. The molecule has 20 heavy (non-hydrogen) atoms. The van der Waals surface area contributed by atoms with E-state index in [1.54, 1.807) is 29.2 Å². The molecular formula is C15H15FN2OS. The lowest BCUT2D eigenvalue weighted by Crippen LogP contribution is -2.35. The Morgan fingerprint density at radius 1 is 1.45 bits per heavy atom. The fourth-order valence-corrected chi connectivity index (χ4v) is 3.32. The zero-order valence-electron chi connectivity index (χ0n) is 11.1. The minimum Gasteiger partial charge on any atom is -0.398 e. The van der Waals surface area contributed by atoms with Gasteiger partial charge in [0.2, 0.25) is 0 Å². The molecule has 1 aromatic carbocycles. The minimum absolute atomic E-state index is 0.160. The lowest BCUT2D eigenvalue weighted by Gasteiger charge is -2.27. The van der Waals surface area contributed by atoms with Crippen molar-refractivity contribution in [2.45, 2.75) is 19.9 Å². The van der Waals surface area contributed by atoms with Gasteiger partial charge in [0.25, 0.3) is 5.91 Å². The SMILES string of the molecule is Cc1c(N)cc(C(=O)N2CCc3sccc3C2)cc1F. The topological polar surface area (TPSA) is 46.3 Å². The van der Waals surface area contributed by atoms with Crippen molar-refractivity contribution in [1.29, 1.82) is 0 Å². The van der Waals surface area contributed by atoms with Crippen LogP contribution in [0.25, 0.3) is 0 Å². The van der Waals surface area contributed by atoms with E-state index in [9.17, 15) is 9.18 Å². The fraction of sp³-hybridized carbons (Fsp3) is 0.267. The molecule has 3 nitrogen and oxygen atoms in total. The number of amides is 1. The van der Waals surface area contributed by atoms with Crippen LogP contribution in [0.5, 0.6) is 0 Å².